The molecule has 0 spiro atoms. The van der Waals surface area contributed by atoms with Gasteiger partial charge in [0, 0.05) is 0 Å². The summed E-state index contributed by atoms with van der Waals surface area (Å²) in [7, 11) is -54.0. The fourth-order valence-electron chi connectivity index (χ4n) is 3.67. The lowest BCUT2D eigenvalue weighted by Gasteiger charge is -2.56. The Morgan fingerprint density at radius 1 is 0.227 bits per heavy atom. The molecule has 8 bridgehead atoms. The summed E-state index contributed by atoms with van der Waals surface area (Å²) in [5.74, 6) is 0. The van der Waals surface area contributed by atoms with Crippen LogP contribution in [0.1, 0.15) is 0 Å². The van der Waals surface area contributed by atoms with Crippen molar-refractivity contribution in [3.63, 3.8) is 0 Å². The average molecular weight is 777 g/mol. The molecule has 6 saturated heterocycles. The minimum atomic E-state index is -6.75. The van der Waals surface area contributed by atoms with Gasteiger partial charge in [0.15, 0.2) is 0 Å². The smallest absolute Gasteiger partial charge is 0.479 e. The fourth-order valence-corrected chi connectivity index (χ4v) is 42.0. The number of hydrogen-bond acceptors (Lipinski definition) is 20. The van der Waals surface area contributed by atoms with Crippen LogP contribution in [0.5, 0.6) is 0 Å². The van der Waals surface area contributed by atoms with Gasteiger partial charge >= 0.3 is 115 Å². The summed E-state index contributed by atoms with van der Waals surface area (Å²) < 4.78 is 59.2. The van der Waals surface area contributed by atoms with Gasteiger partial charge in [-0.2, -0.15) is 0 Å². The van der Waals surface area contributed by atoms with Gasteiger partial charge in [-0.25, -0.2) is 38.4 Å². The maximum Gasteiger partial charge on any atom is 0.600 e. The second-order valence-electron chi connectivity index (χ2n) is 8.12. The third kappa shape index (κ3) is 4.12. The summed E-state index contributed by atoms with van der Waals surface area (Å²) in [5.41, 5.74) is -22.0. The first-order valence-corrected chi connectivity index (χ1v) is 24.1. The van der Waals surface area contributed by atoms with E-state index in [1.807, 2.05) is 0 Å². The van der Waals surface area contributed by atoms with Crippen LogP contribution < -0.4 is 0 Å². The number of hydrogen-bond donors (Lipinski definition) is 8. The zero-order chi connectivity index (χ0) is 33.1. The van der Waals surface area contributed by atoms with E-state index in [-0.39, 0.29) is 0 Å². The molecule has 44 heavy (non-hydrogen) atoms. The van der Waals surface area contributed by atoms with E-state index in [1.54, 1.807) is 0 Å². The fraction of sp³-hybridized carbons (Fsp3) is 0. The SMILES string of the molecule is O=C(O)[Si]12O[Si]3(C(=O)O)O[Si]4(C(=O)O)O[Si](C(=O)O)(O1)O[Si]1(C(=O)O)O[Si](C(=O)O)(O2)O[Si](C(=O)O)(O3)O[Si](C(=O)O)(O4)O1. The topological polar surface area (TPSA) is 409 Å². The molecule has 0 aromatic carbocycles. The highest BCUT2D eigenvalue weighted by Gasteiger charge is 2.94. The molecule has 28 nitrogen and oxygen atoms in total. The molecule has 0 radical (unpaired) electrons. The molecule has 6 rings (SSSR count). The molecule has 6 aliphatic heterocycles. The van der Waals surface area contributed by atoms with Crippen molar-refractivity contribution >= 4 is 115 Å². The summed E-state index contributed by atoms with van der Waals surface area (Å²) in [6.45, 7) is 0. The summed E-state index contributed by atoms with van der Waals surface area (Å²) in [4.78, 5) is 101. The lowest BCUT2D eigenvalue weighted by atomic mass is 11.6. The van der Waals surface area contributed by atoms with Crippen LogP contribution >= 0.6 is 0 Å². The predicted molar refractivity (Wildman–Crippen MR) is 123 cm³/mol. The first-order chi connectivity index (χ1) is 20.0. The van der Waals surface area contributed by atoms with Gasteiger partial charge in [-0.3, -0.25) is 0 Å². The van der Waals surface area contributed by atoms with Gasteiger partial charge < -0.3 is 90.2 Å². The summed E-state index contributed by atoms with van der Waals surface area (Å²) in [6.07, 6.45) is 0. The molecule has 36 heteroatoms. The largest absolute Gasteiger partial charge is 0.600 e. The van der Waals surface area contributed by atoms with Gasteiger partial charge in [-0.1, -0.05) is 0 Å². The van der Waals surface area contributed by atoms with Crippen molar-refractivity contribution in [3.05, 3.63) is 0 Å². The summed E-state index contributed by atoms with van der Waals surface area (Å²) in [6, 6.07) is 0. The van der Waals surface area contributed by atoms with Gasteiger partial charge in [0.1, 0.15) is 0 Å². The van der Waals surface area contributed by atoms with Gasteiger partial charge in [-0.05, 0) is 0 Å². The minimum absolute atomic E-state index is 2.75. The minimum Gasteiger partial charge on any atom is -0.479 e. The third-order valence-corrected chi connectivity index (χ3v) is 35.3. The molecule has 0 aromatic heterocycles. The Morgan fingerprint density at radius 2 is 0.295 bits per heavy atom. The lowest BCUT2D eigenvalue weighted by molar-refractivity contribution is -0.0237. The molecule has 0 atom stereocenters. The molecule has 0 amide bonds. The van der Waals surface area contributed by atoms with Crippen LogP contribution in [0.25, 0.3) is 0 Å². The van der Waals surface area contributed by atoms with Crippen molar-refractivity contribution in [2.45, 2.75) is 0 Å². The second-order valence-corrected chi connectivity index (χ2v) is 30.2. The van der Waals surface area contributed by atoms with E-state index in [4.69, 9.17) is 49.4 Å². The maximum atomic E-state index is 12.6. The zero-order valence-electron chi connectivity index (χ0n) is 19.7. The molecule has 0 saturated carbocycles. The Kier molecular flexibility index (Phi) is 6.84. The van der Waals surface area contributed by atoms with Gasteiger partial charge in [-0.15, -0.1) is 0 Å². The van der Waals surface area contributed by atoms with Crippen LogP contribution in [0, 0.1) is 0 Å². The zero-order valence-corrected chi connectivity index (χ0v) is 27.7. The van der Waals surface area contributed by atoms with E-state index in [1.165, 1.54) is 0 Å². The number of carbonyl (C=O) groups is 8. The molecule has 8 N–H and O–H groups in total. The second kappa shape index (κ2) is 9.28. The predicted octanol–water partition coefficient (Wildman–Crippen LogP) is -2.16. The molecule has 0 unspecified atom stereocenters. The highest BCUT2D eigenvalue weighted by Crippen LogP contribution is 2.49. The molecule has 6 aliphatic rings. The lowest BCUT2D eigenvalue weighted by Crippen LogP contribution is -2.94. The highest BCUT2D eigenvalue weighted by atomic mass is 28.6. The van der Waals surface area contributed by atoms with Crippen LogP contribution in [-0.2, 0) is 49.4 Å². The average Bonchev–Trinajstić information content (AvgIpc) is 2.80. The highest BCUT2D eigenvalue weighted by molar-refractivity contribution is 7.25. The van der Waals surface area contributed by atoms with Crippen molar-refractivity contribution < 1.29 is 129 Å². The molecular weight excluding hydrogens is 769 g/mol. The Hall–Kier alpha value is -2.98. The van der Waals surface area contributed by atoms with Crippen LogP contribution in [0.3, 0.4) is 0 Å². The summed E-state index contributed by atoms with van der Waals surface area (Å²) in [5, 5.41) is 80.7. The normalized spacial score (nSPS) is 45.5. The van der Waals surface area contributed by atoms with E-state index in [2.05, 4.69) is 0 Å². The molecule has 0 aliphatic carbocycles. The molecule has 0 aromatic rings. The Balaban J connectivity index is 2.06. The first kappa shape index (κ1) is 32.4. The van der Waals surface area contributed by atoms with Crippen molar-refractivity contribution in [1.29, 1.82) is 0 Å². The molecular formula is C8H8O28Si8. The molecule has 6 heterocycles. The van der Waals surface area contributed by atoms with Crippen LogP contribution in [0.4, 0.5) is 38.4 Å². The van der Waals surface area contributed by atoms with E-state index in [0.717, 1.165) is 0 Å². The Labute approximate surface area is 243 Å². The monoisotopic (exact) mass is 776 g/mol. The summed E-state index contributed by atoms with van der Waals surface area (Å²) >= 11 is 0. The van der Waals surface area contributed by atoms with Gasteiger partial charge in [0.2, 0.25) is 0 Å². The molecule has 240 valence electrons. The van der Waals surface area contributed by atoms with E-state index in [9.17, 15) is 79.2 Å². The van der Waals surface area contributed by atoms with Gasteiger partial charge in [0.25, 0.3) is 0 Å². The van der Waals surface area contributed by atoms with Crippen LogP contribution in [0.2, 0.25) is 0 Å². The molecule has 6 fully saturated rings. The van der Waals surface area contributed by atoms with E-state index < -0.39 is 115 Å². The third-order valence-electron chi connectivity index (χ3n) is 5.32. The number of rotatable bonds is 8. The Bertz CT molecular complexity index is 1080. The van der Waals surface area contributed by atoms with Crippen molar-refractivity contribution in [2.75, 3.05) is 0 Å². The van der Waals surface area contributed by atoms with Crippen LogP contribution in [0.15, 0.2) is 0 Å². The maximum absolute atomic E-state index is 12.6. The van der Waals surface area contributed by atoms with Crippen molar-refractivity contribution in [1.82, 2.24) is 0 Å². The standard InChI is InChI=1S/C8H8O28Si8/c9-1(10)37-25-38(2(11)12)28-41(5(17)18)30-39(26-37,3(13)14)32-43(7(21)22)33-40(27-37,4(15)16)31-42(29-38,6(19)20)35-44(34-41,36-43)8(23)24/h(H,9,10)(H,11,12)(H,13,14)(H,15,16)(H,17,18)(H,19,20)(H,21,22)(H,23,24). The Morgan fingerprint density at radius 3 is 0.341 bits per heavy atom. The van der Waals surface area contributed by atoms with Gasteiger partial charge in [0.05, 0.1) is 0 Å². The first-order valence-electron chi connectivity index (χ1n) is 10.3. The van der Waals surface area contributed by atoms with E-state index in [0.29, 0.717) is 0 Å². The quantitative estimate of drug-likeness (QED) is 0.122. The van der Waals surface area contributed by atoms with E-state index >= 15 is 0 Å². The van der Waals surface area contributed by atoms with Crippen LogP contribution in [-0.4, -0.2) is 156 Å². The van der Waals surface area contributed by atoms with Crippen molar-refractivity contribution in [2.24, 2.45) is 0 Å². The van der Waals surface area contributed by atoms with Crippen molar-refractivity contribution in [3.8, 4) is 0 Å². The number of carboxylic acid groups (broad SMARTS) is 8.